The maximum absolute atomic E-state index is 12.6. The fourth-order valence-corrected chi connectivity index (χ4v) is 2.93. The van der Waals surface area contributed by atoms with Crippen molar-refractivity contribution >= 4 is 59.2 Å². The summed E-state index contributed by atoms with van der Waals surface area (Å²) in [4.78, 5) is 121. The van der Waals surface area contributed by atoms with Crippen LogP contribution in [-0.4, -0.2) is 155 Å². The minimum absolute atomic E-state index is 0.311. The van der Waals surface area contributed by atoms with Gasteiger partial charge in [-0.3, -0.25) is 47.9 Å². The predicted octanol–water partition coefficient (Wildman–Crippen LogP) is -7.33. The number of esters is 2. The molecule has 0 aliphatic rings. The molecule has 0 saturated heterocycles. The van der Waals surface area contributed by atoms with Crippen LogP contribution in [0.25, 0.3) is 0 Å². The third kappa shape index (κ3) is 18.7. The molecule has 0 aromatic carbocycles. The molecule has 0 spiro atoms. The highest BCUT2D eigenvalue weighted by molar-refractivity contribution is 5.94. The number of hydrogen-bond donors (Lipinski definition) is 7. The van der Waals surface area contributed by atoms with Gasteiger partial charge in [-0.1, -0.05) is 0 Å². The minimum atomic E-state index is -0.898. The van der Waals surface area contributed by atoms with Crippen LogP contribution >= 0.6 is 0 Å². The normalized spacial score (nSPS) is 9.87. The van der Waals surface area contributed by atoms with E-state index in [0.29, 0.717) is 6.54 Å². The van der Waals surface area contributed by atoms with E-state index in [4.69, 9.17) is 5.73 Å². The fraction of sp³-hybridized carbons (Fsp3) is 0.583. The van der Waals surface area contributed by atoms with Crippen LogP contribution in [0.15, 0.2) is 0 Å². The van der Waals surface area contributed by atoms with Gasteiger partial charge in [0.1, 0.15) is 26.2 Å². The van der Waals surface area contributed by atoms with E-state index in [2.05, 4.69) is 41.4 Å². The molecule has 0 heterocycles. The molecular weight excluding hydrogens is 606 g/mol. The minimum Gasteiger partial charge on any atom is -0.468 e. The molecule has 8 amide bonds. The van der Waals surface area contributed by atoms with Crippen molar-refractivity contribution in [2.24, 2.45) is 5.73 Å². The SMILES string of the molecule is CCNC(=O)CNC(=O)CNC(=O)CN(CC(=O)OC)C(=O)CNC(=O)CNC(=O)CN(CC(=O)OC)C(=O)CNC(=O)CN. The van der Waals surface area contributed by atoms with Crippen molar-refractivity contribution in [2.75, 3.05) is 86.2 Å². The van der Waals surface area contributed by atoms with Gasteiger partial charge in [0.25, 0.3) is 0 Å². The molecule has 252 valence electrons. The van der Waals surface area contributed by atoms with Crippen LogP contribution in [-0.2, 0) is 57.4 Å². The lowest BCUT2D eigenvalue weighted by Gasteiger charge is -2.22. The summed E-state index contributed by atoms with van der Waals surface area (Å²) >= 11 is 0. The second-order valence-electron chi connectivity index (χ2n) is 8.69. The summed E-state index contributed by atoms with van der Waals surface area (Å²) in [6.45, 7) is -3.80. The molecule has 0 atom stereocenters. The third-order valence-corrected chi connectivity index (χ3v) is 5.24. The monoisotopic (exact) mass is 645 g/mol. The molecule has 0 unspecified atom stereocenters. The lowest BCUT2D eigenvalue weighted by atomic mass is 10.3. The molecule has 0 aromatic rings. The molecule has 0 rings (SSSR count). The van der Waals surface area contributed by atoms with Gasteiger partial charge in [-0.2, -0.15) is 0 Å². The summed E-state index contributed by atoms with van der Waals surface area (Å²) in [5.74, 6) is -7.83. The molecular formula is C24H39N9O12. The Hall–Kier alpha value is -5.34. The molecule has 0 aliphatic heterocycles. The number of likely N-dealkylation sites (N-methyl/N-ethyl adjacent to an activating group) is 1. The summed E-state index contributed by atoms with van der Waals surface area (Å²) < 4.78 is 8.98. The second kappa shape index (κ2) is 22.2. The number of nitrogens with two attached hydrogens (primary N) is 1. The van der Waals surface area contributed by atoms with E-state index in [-0.39, 0.29) is 6.54 Å². The van der Waals surface area contributed by atoms with Crippen LogP contribution in [0.2, 0.25) is 0 Å². The Morgan fingerprint density at radius 3 is 1.18 bits per heavy atom. The maximum atomic E-state index is 12.6. The number of methoxy groups -OCH3 is 2. The highest BCUT2D eigenvalue weighted by Crippen LogP contribution is 1.94. The standard InChI is InChI=1S/C24H39N9O12/c1-4-26-16(35)6-27-17(36)7-28-19(38)12-33(14-24(43)45-3)22(41)10-31-18(37)8-29-20(39)11-32(13-23(42)44-2)21(40)9-30-15(34)5-25/h4-14,25H2,1-3H3,(H,26,35)(H,27,36)(H,28,38)(H,29,39)(H,30,34)(H,31,37). The zero-order valence-electron chi connectivity index (χ0n) is 25.1. The Morgan fingerprint density at radius 1 is 0.489 bits per heavy atom. The Bertz CT molecular complexity index is 1120. The van der Waals surface area contributed by atoms with Crippen LogP contribution in [0, 0.1) is 0 Å². The smallest absolute Gasteiger partial charge is 0.325 e. The Morgan fingerprint density at radius 2 is 0.822 bits per heavy atom. The molecule has 0 fully saturated rings. The van der Waals surface area contributed by atoms with E-state index in [1.807, 2.05) is 0 Å². The van der Waals surface area contributed by atoms with Gasteiger partial charge in [-0.15, -0.1) is 0 Å². The number of nitrogens with zero attached hydrogens (tertiary/aromatic N) is 2. The zero-order chi connectivity index (χ0) is 34.4. The number of ether oxygens (including phenoxy) is 2. The Kier molecular flexibility index (Phi) is 19.6. The molecule has 0 aromatic heterocycles. The Labute approximate surface area is 257 Å². The van der Waals surface area contributed by atoms with Gasteiger partial charge in [-0.05, 0) is 6.92 Å². The summed E-state index contributed by atoms with van der Waals surface area (Å²) in [7, 11) is 2.10. The fourth-order valence-electron chi connectivity index (χ4n) is 2.93. The molecule has 0 radical (unpaired) electrons. The van der Waals surface area contributed by atoms with Crippen molar-refractivity contribution in [2.45, 2.75) is 6.92 Å². The van der Waals surface area contributed by atoms with Gasteiger partial charge in [0, 0.05) is 6.54 Å². The molecule has 0 bridgehead atoms. The molecule has 45 heavy (non-hydrogen) atoms. The number of amides is 8. The van der Waals surface area contributed by atoms with E-state index in [1.165, 1.54) is 0 Å². The number of carbonyl (C=O) groups excluding carboxylic acids is 10. The molecule has 0 saturated carbocycles. The highest BCUT2D eigenvalue weighted by Gasteiger charge is 2.23. The van der Waals surface area contributed by atoms with Crippen LogP contribution in [0.3, 0.4) is 0 Å². The number of hydrogen-bond acceptors (Lipinski definition) is 13. The molecule has 8 N–H and O–H groups in total. The summed E-state index contributed by atoms with van der Waals surface area (Å²) in [5.41, 5.74) is 5.14. The van der Waals surface area contributed by atoms with Crippen molar-refractivity contribution in [1.82, 2.24) is 41.7 Å². The van der Waals surface area contributed by atoms with Gasteiger partial charge in [0.15, 0.2) is 0 Å². The van der Waals surface area contributed by atoms with E-state index in [1.54, 1.807) is 6.92 Å². The van der Waals surface area contributed by atoms with Gasteiger partial charge in [-0.25, -0.2) is 0 Å². The summed E-state index contributed by atoms with van der Waals surface area (Å²) in [6.07, 6.45) is 0. The Balaban J connectivity index is 4.93. The van der Waals surface area contributed by atoms with Crippen molar-refractivity contribution in [3.8, 4) is 0 Å². The lowest BCUT2D eigenvalue weighted by molar-refractivity contribution is -0.148. The summed E-state index contributed by atoms with van der Waals surface area (Å²) in [5, 5.41) is 13.5. The van der Waals surface area contributed by atoms with E-state index in [9.17, 15) is 47.9 Å². The first-order valence-corrected chi connectivity index (χ1v) is 13.3. The van der Waals surface area contributed by atoms with Crippen molar-refractivity contribution in [1.29, 1.82) is 0 Å². The van der Waals surface area contributed by atoms with E-state index < -0.39 is 118 Å². The predicted molar refractivity (Wildman–Crippen MR) is 150 cm³/mol. The number of nitrogens with one attached hydrogen (secondary N) is 6. The first-order valence-electron chi connectivity index (χ1n) is 13.3. The first-order chi connectivity index (χ1) is 21.3. The van der Waals surface area contributed by atoms with Crippen LogP contribution in [0.5, 0.6) is 0 Å². The quantitative estimate of drug-likeness (QED) is 0.0606. The van der Waals surface area contributed by atoms with Gasteiger partial charge in [0.05, 0.1) is 53.5 Å². The third-order valence-electron chi connectivity index (χ3n) is 5.24. The van der Waals surface area contributed by atoms with Crippen LogP contribution in [0.4, 0.5) is 0 Å². The van der Waals surface area contributed by atoms with Gasteiger partial charge < -0.3 is 56.9 Å². The average molecular weight is 646 g/mol. The largest absolute Gasteiger partial charge is 0.468 e. The lowest BCUT2D eigenvalue weighted by Crippen LogP contribution is -2.50. The second-order valence-corrected chi connectivity index (χ2v) is 8.69. The highest BCUT2D eigenvalue weighted by atomic mass is 16.5. The topological polar surface area (TPSA) is 294 Å². The van der Waals surface area contributed by atoms with Crippen LogP contribution < -0.4 is 37.6 Å². The van der Waals surface area contributed by atoms with E-state index >= 15 is 0 Å². The molecule has 21 heteroatoms. The summed E-state index contributed by atoms with van der Waals surface area (Å²) in [6, 6.07) is 0. The average Bonchev–Trinajstić information content (AvgIpc) is 3.01. The zero-order valence-corrected chi connectivity index (χ0v) is 25.1. The first kappa shape index (κ1) is 39.7. The van der Waals surface area contributed by atoms with Crippen molar-refractivity contribution < 1.29 is 57.4 Å². The van der Waals surface area contributed by atoms with Crippen molar-refractivity contribution in [3.63, 3.8) is 0 Å². The number of rotatable bonds is 20. The molecule has 21 nitrogen and oxygen atoms in total. The van der Waals surface area contributed by atoms with Gasteiger partial charge in [0.2, 0.25) is 47.3 Å². The number of carbonyl (C=O) groups is 10. The van der Waals surface area contributed by atoms with Gasteiger partial charge >= 0.3 is 11.9 Å². The van der Waals surface area contributed by atoms with Crippen LogP contribution in [0.1, 0.15) is 6.92 Å². The maximum Gasteiger partial charge on any atom is 0.325 e. The van der Waals surface area contributed by atoms with Crippen molar-refractivity contribution in [3.05, 3.63) is 0 Å². The molecule has 0 aliphatic carbocycles. The van der Waals surface area contributed by atoms with E-state index in [0.717, 1.165) is 24.0 Å².